The zero-order valence-electron chi connectivity index (χ0n) is 26.2. The van der Waals surface area contributed by atoms with E-state index in [1.54, 1.807) is 0 Å². The highest BCUT2D eigenvalue weighted by Gasteiger charge is 2.51. The van der Waals surface area contributed by atoms with Gasteiger partial charge < -0.3 is 9.31 Å². The van der Waals surface area contributed by atoms with E-state index in [0.717, 1.165) is 11.0 Å². The Kier molecular flexibility index (Phi) is 6.46. The molecule has 1 saturated heterocycles. The molecule has 2 nitrogen and oxygen atoms in total. The van der Waals surface area contributed by atoms with Gasteiger partial charge in [0.15, 0.2) is 0 Å². The van der Waals surface area contributed by atoms with Crippen molar-refractivity contribution in [3.8, 4) is 33.4 Å². The second-order valence-corrected chi connectivity index (χ2v) is 13.1. The SMILES string of the molecule is CC1(C)OB(c2cccc(-c3cc(-c4ccccc4)c4c5ccccc5c5ccccc5c4c3-c3ccccc3)c2)OC1(C)C. The Hall–Kier alpha value is -4.70. The Morgan fingerprint density at radius 1 is 0.422 bits per heavy atom. The molecule has 0 unspecified atom stereocenters. The molecule has 3 heteroatoms. The monoisotopic (exact) mass is 582 g/mol. The summed E-state index contributed by atoms with van der Waals surface area (Å²) < 4.78 is 13.0. The predicted octanol–water partition coefficient (Wildman–Crippen LogP) is 10.4. The summed E-state index contributed by atoms with van der Waals surface area (Å²) in [7, 11) is -0.436. The van der Waals surface area contributed by atoms with Gasteiger partial charge in [-0.1, -0.05) is 133 Å². The van der Waals surface area contributed by atoms with Crippen molar-refractivity contribution in [2.24, 2.45) is 0 Å². The molecule has 218 valence electrons. The second kappa shape index (κ2) is 10.4. The molecule has 8 rings (SSSR count). The first kappa shape index (κ1) is 27.8. The van der Waals surface area contributed by atoms with Crippen LogP contribution in [0.4, 0.5) is 0 Å². The van der Waals surface area contributed by atoms with Gasteiger partial charge in [-0.2, -0.15) is 0 Å². The fourth-order valence-electron chi connectivity index (χ4n) is 6.91. The molecule has 1 aliphatic rings. The summed E-state index contributed by atoms with van der Waals surface area (Å²) in [6, 6.07) is 50.5. The molecule has 0 radical (unpaired) electrons. The molecule has 45 heavy (non-hydrogen) atoms. The maximum absolute atomic E-state index is 6.50. The van der Waals surface area contributed by atoms with Crippen molar-refractivity contribution in [1.82, 2.24) is 0 Å². The lowest BCUT2D eigenvalue weighted by molar-refractivity contribution is 0.00578. The van der Waals surface area contributed by atoms with Gasteiger partial charge in [-0.25, -0.2) is 0 Å². The number of hydrogen-bond donors (Lipinski definition) is 0. The molecule has 0 N–H and O–H groups in total. The lowest BCUT2D eigenvalue weighted by atomic mass is 9.76. The highest BCUT2D eigenvalue weighted by atomic mass is 16.7. The maximum atomic E-state index is 6.50. The lowest BCUT2D eigenvalue weighted by Gasteiger charge is -2.32. The fourth-order valence-corrected chi connectivity index (χ4v) is 6.91. The number of hydrogen-bond acceptors (Lipinski definition) is 2. The van der Waals surface area contributed by atoms with Gasteiger partial charge in [0.25, 0.3) is 0 Å². The summed E-state index contributed by atoms with van der Waals surface area (Å²) in [6.45, 7) is 8.43. The number of fused-ring (bicyclic) bond motifs is 6. The molecule has 0 aliphatic carbocycles. The second-order valence-electron chi connectivity index (χ2n) is 13.1. The highest BCUT2D eigenvalue weighted by Crippen LogP contribution is 2.49. The normalized spacial score (nSPS) is 15.7. The van der Waals surface area contributed by atoms with Crippen molar-refractivity contribution >= 4 is 44.9 Å². The molecule has 0 bridgehead atoms. The van der Waals surface area contributed by atoms with Gasteiger partial charge in [0.1, 0.15) is 0 Å². The largest absolute Gasteiger partial charge is 0.494 e. The molecular weight excluding hydrogens is 547 g/mol. The molecule has 0 amide bonds. The molecule has 7 aromatic carbocycles. The van der Waals surface area contributed by atoms with Crippen molar-refractivity contribution in [2.45, 2.75) is 38.9 Å². The van der Waals surface area contributed by atoms with E-state index < -0.39 is 18.3 Å². The third kappa shape index (κ3) is 4.50. The molecular formula is C42H35BO2. The van der Waals surface area contributed by atoms with Crippen LogP contribution in [0.25, 0.3) is 65.7 Å². The Morgan fingerprint density at radius 3 is 1.51 bits per heavy atom. The quantitative estimate of drug-likeness (QED) is 0.152. The third-order valence-corrected chi connectivity index (χ3v) is 9.88. The topological polar surface area (TPSA) is 18.5 Å². The minimum Gasteiger partial charge on any atom is -0.399 e. The highest BCUT2D eigenvalue weighted by molar-refractivity contribution is 6.62. The number of benzene rings is 7. The molecule has 1 fully saturated rings. The van der Waals surface area contributed by atoms with Crippen LogP contribution >= 0.6 is 0 Å². The molecule has 0 atom stereocenters. The Labute approximate surface area is 265 Å². The van der Waals surface area contributed by atoms with Crippen LogP contribution < -0.4 is 5.46 Å². The van der Waals surface area contributed by atoms with E-state index in [9.17, 15) is 0 Å². The first-order valence-electron chi connectivity index (χ1n) is 15.8. The van der Waals surface area contributed by atoms with E-state index in [2.05, 4.69) is 167 Å². The van der Waals surface area contributed by atoms with Gasteiger partial charge in [0.2, 0.25) is 0 Å². The van der Waals surface area contributed by atoms with Crippen LogP contribution in [0, 0.1) is 0 Å². The minimum atomic E-state index is -0.436. The first-order chi connectivity index (χ1) is 21.8. The Balaban J connectivity index is 1.52. The number of rotatable bonds is 4. The van der Waals surface area contributed by atoms with Crippen LogP contribution in [0.5, 0.6) is 0 Å². The summed E-state index contributed by atoms with van der Waals surface area (Å²) in [5, 5.41) is 7.60. The third-order valence-electron chi connectivity index (χ3n) is 9.88. The molecule has 0 saturated carbocycles. The molecule has 7 aromatic rings. The van der Waals surface area contributed by atoms with Gasteiger partial charge in [-0.15, -0.1) is 0 Å². The first-order valence-corrected chi connectivity index (χ1v) is 15.8. The van der Waals surface area contributed by atoms with Gasteiger partial charge in [-0.3, -0.25) is 0 Å². The predicted molar refractivity (Wildman–Crippen MR) is 191 cm³/mol. The Morgan fingerprint density at radius 2 is 0.911 bits per heavy atom. The van der Waals surface area contributed by atoms with Crippen LogP contribution in [-0.2, 0) is 9.31 Å². The molecule has 1 heterocycles. The smallest absolute Gasteiger partial charge is 0.399 e. The van der Waals surface area contributed by atoms with Gasteiger partial charge in [0.05, 0.1) is 11.2 Å². The van der Waals surface area contributed by atoms with Crippen molar-refractivity contribution < 1.29 is 9.31 Å². The van der Waals surface area contributed by atoms with Crippen molar-refractivity contribution in [3.63, 3.8) is 0 Å². The van der Waals surface area contributed by atoms with Gasteiger partial charge in [-0.05, 0) is 105 Å². The Bertz CT molecular complexity index is 2200. The summed E-state index contributed by atoms with van der Waals surface area (Å²) in [4.78, 5) is 0. The van der Waals surface area contributed by atoms with Crippen LogP contribution in [-0.4, -0.2) is 18.3 Å². The zero-order chi connectivity index (χ0) is 30.8. The van der Waals surface area contributed by atoms with E-state index in [0.29, 0.717) is 0 Å². The average Bonchev–Trinajstić information content (AvgIpc) is 3.30. The van der Waals surface area contributed by atoms with Gasteiger partial charge >= 0.3 is 7.12 Å². The van der Waals surface area contributed by atoms with Crippen molar-refractivity contribution in [2.75, 3.05) is 0 Å². The van der Waals surface area contributed by atoms with E-state index >= 15 is 0 Å². The van der Waals surface area contributed by atoms with E-state index in [4.69, 9.17) is 9.31 Å². The van der Waals surface area contributed by atoms with E-state index in [1.165, 1.54) is 60.1 Å². The summed E-state index contributed by atoms with van der Waals surface area (Å²) >= 11 is 0. The zero-order valence-corrected chi connectivity index (χ0v) is 26.2. The van der Waals surface area contributed by atoms with Crippen LogP contribution in [0.2, 0.25) is 0 Å². The van der Waals surface area contributed by atoms with E-state index in [-0.39, 0.29) is 0 Å². The van der Waals surface area contributed by atoms with Crippen LogP contribution in [0.3, 0.4) is 0 Å². The fraction of sp³-hybridized carbons (Fsp3) is 0.143. The van der Waals surface area contributed by atoms with Crippen molar-refractivity contribution in [3.05, 3.63) is 140 Å². The summed E-state index contributed by atoms with van der Waals surface area (Å²) in [6.07, 6.45) is 0. The maximum Gasteiger partial charge on any atom is 0.494 e. The average molecular weight is 583 g/mol. The summed E-state index contributed by atoms with van der Waals surface area (Å²) in [5.74, 6) is 0. The minimum absolute atomic E-state index is 0.410. The standard InChI is InChI=1S/C42H35BO2/c1-41(2)42(3,4)45-43(44-41)31-21-15-20-30(26-31)37-27-36(28-16-7-5-8-17-28)39-34-24-13-11-22-32(34)33-23-12-14-25-35(33)40(39)38(37)29-18-9-6-10-19-29/h5-27H,1-4H3. The molecule has 0 spiro atoms. The molecule has 0 aromatic heterocycles. The van der Waals surface area contributed by atoms with Gasteiger partial charge in [0, 0.05) is 0 Å². The van der Waals surface area contributed by atoms with Crippen LogP contribution in [0.15, 0.2) is 140 Å². The van der Waals surface area contributed by atoms with E-state index in [1.807, 2.05) is 0 Å². The van der Waals surface area contributed by atoms with Crippen LogP contribution in [0.1, 0.15) is 27.7 Å². The lowest BCUT2D eigenvalue weighted by Crippen LogP contribution is -2.41. The molecule has 1 aliphatic heterocycles. The van der Waals surface area contributed by atoms with Crippen molar-refractivity contribution in [1.29, 1.82) is 0 Å². The summed E-state index contributed by atoms with van der Waals surface area (Å²) in [5.41, 5.74) is 7.38.